The minimum absolute atomic E-state index is 0.0257. The number of hydrogen-bond donors (Lipinski definition) is 2. The van der Waals surface area contributed by atoms with E-state index in [0.29, 0.717) is 19.3 Å². The van der Waals surface area contributed by atoms with Gasteiger partial charge in [0.15, 0.2) is 0 Å². The van der Waals surface area contributed by atoms with Gasteiger partial charge in [-0.15, -0.1) is 0 Å². The number of aliphatic carboxylic acids is 1. The first-order valence-electron chi connectivity index (χ1n) is 6.92. The van der Waals surface area contributed by atoms with Crippen LogP contribution in [-0.2, 0) is 19.4 Å². The van der Waals surface area contributed by atoms with Crippen LogP contribution in [0, 0.1) is 17.8 Å². The third-order valence-corrected chi connectivity index (χ3v) is 4.91. The summed E-state index contributed by atoms with van der Waals surface area (Å²) < 4.78 is 21.9. The molecule has 1 amide bonds. The summed E-state index contributed by atoms with van der Waals surface area (Å²) in [5.41, 5.74) is 0. The van der Waals surface area contributed by atoms with Gasteiger partial charge in [-0.3, -0.25) is 9.59 Å². The minimum Gasteiger partial charge on any atom is -0.481 e. The highest BCUT2D eigenvalue weighted by Gasteiger charge is 2.41. The molecule has 3 unspecified atom stereocenters. The average Bonchev–Trinajstić information content (AvgIpc) is 2.77. The Labute approximate surface area is 119 Å². The highest BCUT2D eigenvalue weighted by atomic mass is 32.2. The first kappa shape index (κ1) is 16.9. The summed E-state index contributed by atoms with van der Waals surface area (Å²) >= 11 is 0. The highest BCUT2D eigenvalue weighted by molar-refractivity contribution is 7.90. The van der Waals surface area contributed by atoms with Crippen LogP contribution in [0.3, 0.4) is 0 Å². The van der Waals surface area contributed by atoms with Gasteiger partial charge in [-0.05, 0) is 25.2 Å². The lowest BCUT2D eigenvalue weighted by Gasteiger charge is -2.15. The van der Waals surface area contributed by atoms with Gasteiger partial charge >= 0.3 is 5.97 Å². The summed E-state index contributed by atoms with van der Waals surface area (Å²) in [7, 11) is -3.02. The van der Waals surface area contributed by atoms with Crippen LogP contribution < -0.4 is 5.32 Å². The van der Waals surface area contributed by atoms with E-state index in [-0.39, 0.29) is 24.1 Å². The third kappa shape index (κ3) is 5.11. The fraction of sp³-hybridized carbons (Fsp3) is 0.846. The molecule has 0 spiro atoms. The lowest BCUT2D eigenvalue weighted by Crippen LogP contribution is -2.36. The fourth-order valence-electron chi connectivity index (χ4n) is 2.72. The van der Waals surface area contributed by atoms with Crippen molar-refractivity contribution in [2.24, 2.45) is 17.8 Å². The van der Waals surface area contributed by atoms with Crippen LogP contribution in [-0.4, -0.2) is 44.0 Å². The van der Waals surface area contributed by atoms with Crippen molar-refractivity contribution in [1.29, 1.82) is 0 Å². The number of carboxylic acids is 1. The number of nitrogens with one attached hydrogen (secondary N) is 1. The van der Waals surface area contributed by atoms with Gasteiger partial charge in [-0.2, -0.15) is 0 Å². The van der Waals surface area contributed by atoms with E-state index in [4.69, 9.17) is 5.11 Å². The van der Waals surface area contributed by atoms with Crippen molar-refractivity contribution >= 4 is 21.7 Å². The molecule has 0 aliphatic heterocycles. The molecule has 1 aliphatic rings. The SMILES string of the molecule is CCC1CC(C(=O)O)C(C(=O)NCCCS(C)(=O)=O)C1. The van der Waals surface area contributed by atoms with Gasteiger partial charge in [0, 0.05) is 12.8 Å². The molecule has 1 saturated carbocycles. The Morgan fingerprint density at radius 2 is 1.85 bits per heavy atom. The van der Waals surface area contributed by atoms with Crippen LogP contribution in [0.1, 0.15) is 32.6 Å². The monoisotopic (exact) mass is 305 g/mol. The number of carbonyl (C=O) groups excluding carboxylic acids is 1. The zero-order valence-electron chi connectivity index (χ0n) is 12.0. The highest BCUT2D eigenvalue weighted by Crippen LogP contribution is 2.38. The Morgan fingerprint density at radius 3 is 2.35 bits per heavy atom. The van der Waals surface area contributed by atoms with E-state index in [1.165, 1.54) is 0 Å². The predicted octanol–water partition coefficient (Wildman–Crippen LogP) is 0.674. The smallest absolute Gasteiger partial charge is 0.307 e. The van der Waals surface area contributed by atoms with Gasteiger partial charge in [0.05, 0.1) is 17.6 Å². The minimum atomic E-state index is -3.02. The van der Waals surface area contributed by atoms with Crippen molar-refractivity contribution in [1.82, 2.24) is 5.32 Å². The number of amides is 1. The first-order chi connectivity index (χ1) is 9.24. The van der Waals surface area contributed by atoms with Gasteiger partial charge in [0.25, 0.3) is 0 Å². The van der Waals surface area contributed by atoms with Crippen LogP contribution in [0.25, 0.3) is 0 Å². The maximum atomic E-state index is 12.0. The lowest BCUT2D eigenvalue weighted by molar-refractivity contribution is -0.146. The van der Waals surface area contributed by atoms with Gasteiger partial charge in [-0.25, -0.2) is 8.42 Å². The Hall–Kier alpha value is -1.11. The molecule has 0 saturated heterocycles. The molecule has 1 fully saturated rings. The first-order valence-corrected chi connectivity index (χ1v) is 8.99. The molecule has 0 aromatic carbocycles. The summed E-state index contributed by atoms with van der Waals surface area (Å²) in [6.07, 6.45) is 3.53. The predicted molar refractivity (Wildman–Crippen MR) is 75.0 cm³/mol. The van der Waals surface area contributed by atoms with E-state index >= 15 is 0 Å². The second kappa shape index (κ2) is 7.06. The molecule has 7 heteroatoms. The molecule has 116 valence electrons. The van der Waals surface area contributed by atoms with Gasteiger partial charge in [0.2, 0.25) is 5.91 Å². The van der Waals surface area contributed by atoms with Crippen molar-refractivity contribution in [2.75, 3.05) is 18.6 Å². The Kier molecular flexibility index (Phi) is 5.98. The molecular weight excluding hydrogens is 282 g/mol. The fourth-order valence-corrected chi connectivity index (χ4v) is 3.38. The van der Waals surface area contributed by atoms with E-state index < -0.39 is 27.6 Å². The zero-order valence-corrected chi connectivity index (χ0v) is 12.8. The van der Waals surface area contributed by atoms with Crippen molar-refractivity contribution in [3.05, 3.63) is 0 Å². The average molecular weight is 305 g/mol. The van der Waals surface area contributed by atoms with E-state index in [0.717, 1.165) is 12.7 Å². The van der Waals surface area contributed by atoms with E-state index in [1.54, 1.807) is 0 Å². The molecule has 0 aromatic rings. The van der Waals surface area contributed by atoms with Crippen LogP contribution in [0.5, 0.6) is 0 Å². The van der Waals surface area contributed by atoms with Crippen LogP contribution >= 0.6 is 0 Å². The molecule has 1 rings (SSSR count). The van der Waals surface area contributed by atoms with Crippen LogP contribution in [0.4, 0.5) is 0 Å². The van der Waals surface area contributed by atoms with Gasteiger partial charge in [0.1, 0.15) is 9.84 Å². The van der Waals surface area contributed by atoms with E-state index in [1.807, 2.05) is 6.92 Å². The summed E-state index contributed by atoms with van der Waals surface area (Å²) in [4.78, 5) is 23.2. The Morgan fingerprint density at radius 1 is 1.25 bits per heavy atom. The van der Waals surface area contributed by atoms with E-state index in [2.05, 4.69) is 5.32 Å². The second-order valence-electron chi connectivity index (χ2n) is 5.57. The maximum absolute atomic E-state index is 12.0. The molecule has 0 heterocycles. The summed E-state index contributed by atoms with van der Waals surface area (Å²) in [6.45, 7) is 2.27. The maximum Gasteiger partial charge on any atom is 0.307 e. The van der Waals surface area contributed by atoms with E-state index in [9.17, 15) is 18.0 Å². The zero-order chi connectivity index (χ0) is 15.3. The molecule has 1 aliphatic carbocycles. The van der Waals surface area contributed by atoms with Crippen LogP contribution in [0.15, 0.2) is 0 Å². The van der Waals surface area contributed by atoms with Crippen molar-refractivity contribution in [3.8, 4) is 0 Å². The summed E-state index contributed by atoms with van der Waals surface area (Å²) in [6, 6.07) is 0. The molecule has 3 atom stereocenters. The molecule has 6 nitrogen and oxygen atoms in total. The standard InChI is InChI=1S/C13H23NO5S/c1-3-9-7-10(11(8-9)13(16)17)12(15)14-5-4-6-20(2,18)19/h9-11H,3-8H2,1-2H3,(H,14,15)(H,16,17). The van der Waals surface area contributed by atoms with Crippen molar-refractivity contribution in [3.63, 3.8) is 0 Å². The van der Waals surface area contributed by atoms with Crippen LogP contribution in [0.2, 0.25) is 0 Å². The summed E-state index contributed by atoms with van der Waals surface area (Å²) in [5.74, 6) is -1.98. The van der Waals surface area contributed by atoms with Crippen molar-refractivity contribution in [2.45, 2.75) is 32.6 Å². The molecule has 20 heavy (non-hydrogen) atoms. The molecular formula is C13H23NO5S. The molecule has 0 bridgehead atoms. The molecule has 0 aromatic heterocycles. The number of sulfone groups is 1. The third-order valence-electron chi connectivity index (χ3n) is 3.88. The summed E-state index contributed by atoms with van der Waals surface area (Å²) in [5, 5.41) is 11.8. The van der Waals surface area contributed by atoms with Crippen molar-refractivity contribution < 1.29 is 23.1 Å². The largest absolute Gasteiger partial charge is 0.481 e. The lowest BCUT2D eigenvalue weighted by atomic mass is 9.95. The quantitative estimate of drug-likeness (QED) is 0.673. The van der Waals surface area contributed by atoms with Gasteiger partial charge in [-0.1, -0.05) is 13.3 Å². The van der Waals surface area contributed by atoms with Gasteiger partial charge < -0.3 is 10.4 Å². The number of rotatable bonds is 7. The Balaban J connectivity index is 2.47. The molecule has 0 radical (unpaired) electrons. The number of hydrogen-bond acceptors (Lipinski definition) is 4. The Bertz CT molecular complexity index is 459. The number of carbonyl (C=O) groups is 2. The number of carboxylic acid groups (broad SMARTS) is 1. The normalized spacial score (nSPS) is 26.4. The topological polar surface area (TPSA) is 101 Å². The second-order valence-corrected chi connectivity index (χ2v) is 7.83. The molecule has 2 N–H and O–H groups in total.